The molecule has 2 bridgehead atoms. The molecule has 5 nitrogen and oxygen atoms in total. The minimum Gasteiger partial charge on any atom is -0.444 e. The van der Waals surface area contributed by atoms with E-state index in [0.717, 1.165) is 23.7 Å². The van der Waals surface area contributed by atoms with Gasteiger partial charge in [0.1, 0.15) is 11.2 Å². The molecule has 2 aliphatic rings. The van der Waals surface area contributed by atoms with Gasteiger partial charge in [-0.25, -0.2) is 4.79 Å². The summed E-state index contributed by atoms with van der Waals surface area (Å²) in [6.07, 6.45) is 5.35. The smallest absolute Gasteiger partial charge is 0.410 e. The number of rotatable bonds is 1. The maximum Gasteiger partial charge on any atom is 0.410 e. The molecule has 132 valence electrons. The second kappa shape index (κ2) is 6.30. The van der Waals surface area contributed by atoms with Crippen LogP contribution in [0.15, 0.2) is 22.8 Å². The van der Waals surface area contributed by atoms with Gasteiger partial charge in [0.2, 0.25) is 0 Å². The Morgan fingerprint density at radius 2 is 1.96 bits per heavy atom. The van der Waals surface area contributed by atoms with Crippen molar-refractivity contribution in [3.05, 3.63) is 28.5 Å². The van der Waals surface area contributed by atoms with E-state index in [0.29, 0.717) is 18.5 Å². The molecule has 2 atom stereocenters. The van der Waals surface area contributed by atoms with Gasteiger partial charge in [-0.15, -0.1) is 0 Å². The number of halogens is 1. The molecule has 0 saturated carbocycles. The van der Waals surface area contributed by atoms with Crippen molar-refractivity contribution < 1.29 is 14.6 Å². The van der Waals surface area contributed by atoms with E-state index in [2.05, 4.69) is 20.9 Å². The number of ether oxygens (including phenoxy) is 1. The number of piperidine rings is 2. The van der Waals surface area contributed by atoms with Crippen LogP contribution in [-0.4, -0.2) is 38.8 Å². The Morgan fingerprint density at radius 3 is 2.46 bits per heavy atom. The van der Waals surface area contributed by atoms with Crippen molar-refractivity contribution in [2.24, 2.45) is 0 Å². The Morgan fingerprint density at radius 1 is 1.33 bits per heavy atom. The first kappa shape index (κ1) is 17.7. The standard InChI is InChI=1S/C18H25BrN2O3/c1-17(2,3)24-16(22)21-13-5-4-6-14(21)10-18(23,9-13)15-8-7-12(19)11-20-15/h7-8,11,13-14,23H,4-6,9-10H2,1-3H3. The first-order valence-corrected chi connectivity index (χ1v) is 9.33. The molecule has 0 spiro atoms. The zero-order valence-corrected chi connectivity index (χ0v) is 16.0. The van der Waals surface area contributed by atoms with Gasteiger partial charge in [-0.05, 0) is 68.1 Å². The maximum absolute atomic E-state index is 12.6. The van der Waals surface area contributed by atoms with E-state index in [4.69, 9.17) is 4.74 Å². The summed E-state index contributed by atoms with van der Waals surface area (Å²) in [5.74, 6) is 0. The molecule has 0 aliphatic carbocycles. The van der Waals surface area contributed by atoms with Crippen molar-refractivity contribution in [2.75, 3.05) is 0 Å². The average molecular weight is 397 g/mol. The summed E-state index contributed by atoms with van der Waals surface area (Å²) >= 11 is 3.38. The number of carbonyl (C=O) groups is 1. The van der Waals surface area contributed by atoms with Crippen LogP contribution in [-0.2, 0) is 10.3 Å². The van der Waals surface area contributed by atoms with Gasteiger partial charge < -0.3 is 14.7 Å². The highest BCUT2D eigenvalue weighted by molar-refractivity contribution is 9.10. The lowest BCUT2D eigenvalue weighted by atomic mass is 9.74. The number of nitrogens with zero attached hydrogens (tertiary/aromatic N) is 2. The first-order valence-electron chi connectivity index (χ1n) is 8.54. The van der Waals surface area contributed by atoms with Crippen molar-refractivity contribution in [2.45, 2.75) is 76.2 Å². The van der Waals surface area contributed by atoms with E-state index in [1.807, 2.05) is 37.8 Å². The summed E-state index contributed by atoms with van der Waals surface area (Å²) in [5, 5.41) is 11.2. The van der Waals surface area contributed by atoms with Crippen LogP contribution in [0.25, 0.3) is 0 Å². The van der Waals surface area contributed by atoms with Crippen molar-refractivity contribution in [1.82, 2.24) is 9.88 Å². The second-order valence-corrected chi connectivity index (χ2v) is 8.84. The summed E-state index contributed by atoms with van der Waals surface area (Å²) in [5.41, 5.74) is -0.798. The van der Waals surface area contributed by atoms with Crippen LogP contribution in [0, 0.1) is 0 Å². The van der Waals surface area contributed by atoms with Gasteiger partial charge in [-0.1, -0.05) is 0 Å². The number of fused-ring (bicyclic) bond motifs is 2. The van der Waals surface area contributed by atoms with E-state index in [-0.39, 0.29) is 18.2 Å². The monoisotopic (exact) mass is 396 g/mol. The van der Waals surface area contributed by atoms with E-state index in [1.54, 1.807) is 6.20 Å². The highest BCUT2D eigenvalue weighted by atomic mass is 79.9. The molecule has 2 unspecified atom stereocenters. The SMILES string of the molecule is CC(C)(C)OC(=O)N1C2CCCC1CC(O)(c1ccc(Br)cn1)C2. The molecule has 2 fully saturated rings. The minimum atomic E-state index is -0.977. The highest BCUT2D eigenvalue weighted by Crippen LogP contribution is 2.44. The molecule has 3 heterocycles. The van der Waals surface area contributed by atoms with Gasteiger partial charge >= 0.3 is 6.09 Å². The number of aliphatic hydroxyl groups is 1. The van der Waals surface area contributed by atoms with Crippen LogP contribution in [0.3, 0.4) is 0 Å². The number of hydrogen-bond donors (Lipinski definition) is 1. The number of hydrogen-bond acceptors (Lipinski definition) is 4. The summed E-state index contributed by atoms with van der Waals surface area (Å²) < 4.78 is 6.48. The maximum atomic E-state index is 12.6. The molecule has 24 heavy (non-hydrogen) atoms. The lowest BCUT2D eigenvalue weighted by Crippen LogP contribution is -2.59. The van der Waals surface area contributed by atoms with Crippen LogP contribution < -0.4 is 0 Å². The molecule has 2 aliphatic heterocycles. The number of aromatic nitrogens is 1. The third-order valence-corrected chi connectivity index (χ3v) is 5.29. The molecular weight excluding hydrogens is 372 g/mol. The van der Waals surface area contributed by atoms with E-state index in [1.165, 1.54) is 0 Å². The summed E-state index contributed by atoms with van der Waals surface area (Å²) in [6, 6.07) is 3.77. The average Bonchev–Trinajstić information content (AvgIpc) is 2.44. The Hall–Kier alpha value is -1.14. The second-order valence-electron chi connectivity index (χ2n) is 7.93. The highest BCUT2D eigenvalue weighted by Gasteiger charge is 2.49. The zero-order chi connectivity index (χ0) is 17.5. The third kappa shape index (κ3) is 3.59. The molecular formula is C18H25BrN2O3. The quantitative estimate of drug-likeness (QED) is 0.779. The molecule has 1 aromatic rings. The molecule has 1 amide bonds. The molecule has 0 radical (unpaired) electrons. The number of pyridine rings is 1. The third-order valence-electron chi connectivity index (χ3n) is 4.82. The predicted molar refractivity (Wildman–Crippen MR) is 94.6 cm³/mol. The summed E-state index contributed by atoms with van der Waals surface area (Å²) in [7, 11) is 0. The van der Waals surface area contributed by atoms with Crippen LogP contribution >= 0.6 is 15.9 Å². The Kier molecular flexibility index (Phi) is 4.64. The lowest BCUT2D eigenvalue weighted by Gasteiger charge is -2.51. The Balaban J connectivity index is 1.82. The first-order chi connectivity index (χ1) is 11.2. The molecule has 1 aromatic heterocycles. The summed E-state index contributed by atoms with van der Waals surface area (Å²) in [4.78, 5) is 18.9. The molecule has 2 saturated heterocycles. The van der Waals surface area contributed by atoms with Crippen LogP contribution in [0.5, 0.6) is 0 Å². The van der Waals surface area contributed by atoms with Crippen molar-refractivity contribution in [3.63, 3.8) is 0 Å². The van der Waals surface area contributed by atoms with Gasteiger partial charge in [-0.2, -0.15) is 0 Å². The molecule has 0 aromatic carbocycles. The zero-order valence-electron chi connectivity index (χ0n) is 14.5. The Bertz CT molecular complexity index is 598. The molecule has 6 heteroatoms. The van der Waals surface area contributed by atoms with Crippen LogP contribution in [0.1, 0.15) is 58.6 Å². The fraction of sp³-hybridized carbons (Fsp3) is 0.667. The van der Waals surface area contributed by atoms with E-state index >= 15 is 0 Å². The van der Waals surface area contributed by atoms with Crippen LogP contribution in [0.2, 0.25) is 0 Å². The van der Waals surface area contributed by atoms with Crippen molar-refractivity contribution in [3.8, 4) is 0 Å². The predicted octanol–water partition coefficient (Wildman–Crippen LogP) is 3.98. The molecule has 3 rings (SSSR count). The van der Waals surface area contributed by atoms with Gasteiger partial charge in [-0.3, -0.25) is 4.98 Å². The van der Waals surface area contributed by atoms with Crippen molar-refractivity contribution >= 4 is 22.0 Å². The largest absolute Gasteiger partial charge is 0.444 e. The van der Waals surface area contributed by atoms with Crippen molar-refractivity contribution in [1.29, 1.82) is 0 Å². The van der Waals surface area contributed by atoms with Gasteiger partial charge in [0.05, 0.1) is 5.69 Å². The Labute approximate surface area is 151 Å². The van der Waals surface area contributed by atoms with E-state index in [9.17, 15) is 9.90 Å². The number of carbonyl (C=O) groups excluding carboxylic acids is 1. The van der Waals surface area contributed by atoms with Gasteiger partial charge in [0.25, 0.3) is 0 Å². The number of amides is 1. The molecule has 1 N–H and O–H groups in total. The normalized spacial score (nSPS) is 30.1. The van der Waals surface area contributed by atoms with Gasteiger partial charge in [0, 0.05) is 35.6 Å². The summed E-state index contributed by atoms with van der Waals surface area (Å²) in [6.45, 7) is 5.64. The fourth-order valence-corrected chi connectivity index (χ4v) is 4.14. The van der Waals surface area contributed by atoms with Crippen LogP contribution in [0.4, 0.5) is 4.79 Å². The topological polar surface area (TPSA) is 62.7 Å². The van der Waals surface area contributed by atoms with Gasteiger partial charge in [0.15, 0.2) is 0 Å². The minimum absolute atomic E-state index is 0.00259. The lowest BCUT2D eigenvalue weighted by molar-refractivity contribution is -0.0984. The van der Waals surface area contributed by atoms with E-state index < -0.39 is 11.2 Å². The fourth-order valence-electron chi connectivity index (χ4n) is 3.90.